The maximum Gasteiger partial charge on any atom is 0.261 e. The van der Waals surface area contributed by atoms with E-state index in [1.807, 2.05) is 43.3 Å². The molecule has 1 aromatic carbocycles. The number of hydrogen-bond acceptors (Lipinski definition) is 7. The van der Waals surface area contributed by atoms with E-state index in [-0.39, 0.29) is 17.9 Å². The number of ether oxygens (including phenoxy) is 1. The van der Waals surface area contributed by atoms with Gasteiger partial charge in [0.05, 0.1) is 11.7 Å². The van der Waals surface area contributed by atoms with Crippen molar-refractivity contribution in [3.63, 3.8) is 0 Å². The van der Waals surface area contributed by atoms with E-state index in [9.17, 15) is 4.79 Å². The minimum atomic E-state index is 0.0198. The zero-order chi connectivity index (χ0) is 22.6. The number of aromatic nitrogens is 3. The highest BCUT2D eigenvalue weighted by Gasteiger charge is 2.28. The van der Waals surface area contributed by atoms with Gasteiger partial charge in [0.1, 0.15) is 5.82 Å². The average Bonchev–Trinajstić information content (AvgIpc) is 3.56. The number of nitrogens with one attached hydrogen (secondary N) is 1. The highest BCUT2D eigenvalue weighted by atomic mass is 16.5. The van der Waals surface area contributed by atoms with E-state index >= 15 is 0 Å². The van der Waals surface area contributed by atoms with Gasteiger partial charge in [-0.3, -0.25) is 4.79 Å². The van der Waals surface area contributed by atoms with E-state index in [2.05, 4.69) is 25.3 Å². The van der Waals surface area contributed by atoms with Gasteiger partial charge in [-0.05, 0) is 44.7 Å². The summed E-state index contributed by atoms with van der Waals surface area (Å²) < 4.78 is 11.2. The number of nitrogens with zero attached hydrogens (tertiary/aromatic N) is 4. The van der Waals surface area contributed by atoms with Crippen molar-refractivity contribution in [2.24, 2.45) is 5.92 Å². The zero-order valence-electron chi connectivity index (χ0n) is 18.9. The molecule has 0 bridgehead atoms. The molecule has 1 atom stereocenters. The molecule has 8 heteroatoms. The third kappa shape index (κ3) is 4.90. The van der Waals surface area contributed by atoms with E-state index in [1.165, 1.54) is 5.56 Å². The molecule has 172 valence electrons. The first-order chi connectivity index (χ1) is 16.2. The molecule has 0 aliphatic carbocycles. The number of hydrogen-bond donors (Lipinski definition) is 1. The molecule has 2 aromatic heterocycles. The van der Waals surface area contributed by atoms with Gasteiger partial charge in [-0.1, -0.05) is 35.0 Å². The summed E-state index contributed by atoms with van der Waals surface area (Å²) in [6.45, 7) is 4.97. The summed E-state index contributed by atoms with van der Waals surface area (Å²) in [6, 6.07) is 11.9. The van der Waals surface area contributed by atoms with Crippen LogP contribution in [0.2, 0.25) is 0 Å². The van der Waals surface area contributed by atoms with E-state index in [1.54, 1.807) is 6.20 Å². The second-order valence-electron chi connectivity index (χ2n) is 8.81. The number of carbonyl (C=O) groups excluding carboxylic acids is 1. The molecule has 0 unspecified atom stereocenters. The Balaban J connectivity index is 1.24. The maximum atomic E-state index is 12.6. The Morgan fingerprint density at radius 1 is 1.15 bits per heavy atom. The molecule has 3 aromatic rings. The van der Waals surface area contributed by atoms with Gasteiger partial charge in [0, 0.05) is 43.9 Å². The summed E-state index contributed by atoms with van der Waals surface area (Å²) in [5, 5.41) is 7.25. The Kier molecular flexibility index (Phi) is 6.35. The summed E-state index contributed by atoms with van der Waals surface area (Å²) in [6.07, 6.45) is 5.62. The van der Waals surface area contributed by atoms with Crippen LogP contribution in [0.3, 0.4) is 0 Å². The zero-order valence-corrected chi connectivity index (χ0v) is 18.9. The minimum Gasteiger partial charge on any atom is -0.376 e. The van der Waals surface area contributed by atoms with Gasteiger partial charge in [-0.15, -0.1) is 0 Å². The first-order valence-corrected chi connectivity index (χ1v) is 11.7. The van der Waals surface area contributed by atoms with Crippen LogP contribution in [0.5, 0.6) is 0 Å². The molecular formula is C25H29N5O3. The first kappa shape index (κ1) is 21.6. The monoisotopic (exact) mass is 447 g/mol. The third-order valence-electron chi connectivity index (χ3n) is 6.45. The van der Waals surface area contributed by atoms with E-state index in [4.69, 9.17) is 9.26 Å². The van der Waals surface area contributed by atoms with Crippen molar-refractivity contribution in [3.05, 3.63) is 48.2 Å². The van der Waals surface area contributed by atoms with Crippen LogP contribution in [-0.4, -0.2) is 53.4 Å². The number of benzene rings is 1. The number of pyridine rings is 1. The van der Waals surface area contributed by atoms with Crippen molar-refractivity contribution in [2.75, 3.05) is 31.1 Å². The van der Waals surface area contributed by atoms with Crippen LogP contribution in [0.1, 0.15) is 31.2 Å². The number of rotatable bonds is 6. The molecule has 2 aliphatic rings. The molecule has 1 N–H and O–H groups in total. The van der Waals surface area contributed by atoms with Crippen molar-refractivity contribution in [1.82, 2.24) is 20.4 Å². The van der Waals surface area contributed by atoms with E-state index in [0.717, 1.165) is 62.3 Å². The number of piperidine rings is 1. The first-order valence-electron chi connectivity index (χ1n) is 11.7. The van der Waals surface area contributed by atoms with Crippen LogP contribution in [0, 0.1) is 12.8 Å². The number of aryl methyl sites for hydroxylation is 1. The second-order valence-corrected chi connectivity index (χ2v) is 8.81. The molecule has 4 heterocycles. The van der Waals surface area contributed by atoms with Gasteiger partial charge in [-0.2, -0.15) is 4.98 Å². The molecule has 8 nitrogen and oxygen atoms in total. The normalized spacial score (nSPS) is 19.1. The van der Waals surface area contributed by atoms with Gasteiger partial charge in [-0.25, -0.2) is 4.98 Å². The van der Waals surface area contributed by atoms with Gasteiger partial charge >= 0.3 is 0 Å². The van der Waals surface area contributed by atoms with E-state index in [0.29, 0.717) is 18.3 Å². The Morgan fingerprint density at radius 2 is 1.97 bits per heavy atom. The lowest BCUT2D eigenvalue weighted by atomic mass is 9.95. The van der Waals surface area contributed by atoms with Crippen LogP contribution >= 0.6 is 0 Å². The van der Waals surface area contributed by atoms with Crippen LogP contribution in [-0.2, 0) is 9.53 Å². The van der Waals surface area contributed by atoms with Crippen LogP contribution in [0.15, 0.2) is 47.1 Å². The fraction of sp³-hybridized carbons (Fsp3) is 0.440. The molecule has 5 rings (SSSR count). The lowest BCUT2D eigenvalue weighted by Gasteiger charge is -2.33. The van der Waals surface area contributed by atoms with E-state index < -0.39 is 0 Å². The van der Waals surface area contributed by atoms with Crippen molar-refractivity contribution >= 4 is 11.7 Å². The standard InChI is InChI=1S/C25H29N5O3/c1-17-6-8-18(9-7-17)22-28-25(33-29-22)21-5-2-12-26-23(21)30-13-10-19(11-14-30)24(31)27-16-20-4-3-15-32-20/h2,5-9,12,19-20H,3-4,10-11,13-16H2,1H3,(H,27,31)/t20-/m0/s1. The van der Waals surface area contributed by atoms with Crippen molar-refractivity contribution in [3.8, 4) is 22.8 Å². The van der Waals surface area contributed by atoms with Crippen LogP contribution < -0.4 is 10.2 Å². The fourth-order valence-electron chi connectivity index (χ4n) is 4.49. The molecule has 33 heavy (non-hydrogen) atoms. The summed E-state index contributed by atoms with van der Waals surface area (Å²) in [5.41, 5.74) is 2.90. The van der Waals surface area contributed by atoms with Gasteiger partial charge in [0.2, 0.25) is 11.7 Å². The van der Waals surface area contributed by atoms with Crippen molar-refractivity contribution in [2.45, 2.75) is 38.7 Å². The molecular weight excluding hydrogens is 418 g/mol. The quantitative estimate of drug-likeness (QED) is 0.617. The number of carbonyl (C=O) groups is 1. The SMILES string of the molecule is Cc1ccc(-c2noc(-c3cccnc3N3CCC(C(=O)NC[C@@H]4CCCO4)CC3)n2)cc1. The fourth-order valence-corrected chi connectivity index (χ4v) is 4.49. The number of anilines is 1. The summed E-state index contributed by atoms with van der Waals surface area (Å²) in [7, 11) is 0. The topological polar surface area (TPSA) is 93.4 Å². The van der Waals surface area contributed by atoms with Gasteiger partial charge in [0.15, 0.2) is 0 Å². The molecule has 0 spiro atoms. The predicted octanol–water partition coefficient (Wildman–Crippen LogP) is 3.62. The third-order valence-corrected chi connectivity index (χ3v) is 6.45. The van der Waals surface area contributed by atoms with Crippen LogP contribution in [0.4, 0.5) is 5.82 Å². The lowest BCUT2D eigenvalue weighted by molar-refractivity contribution is -0.126. The molecule has 0 radical (unpaired) electrons. The summed E-state index contributed by atoms with van der Waals surface area (Å²) in [4.78, 5) is 24.0. The highest BCUT2D eigenvalue weighted by molar-refractivity contribution is 5.79. The average molecular weight is 448 g/mol. The second kappa shape index (κ2) is 9.70. The lowest BCUT2D eigenvalue weighted by Crippen LogP contribution is -2.42. The largest absolute Gasteiger partial charge is 0.376 e. The Labute approximate surface area is 193 Å². The summed E-state index contributed by atoms with van der Waals surface area (Å²) in [5.74, 6) is 1.97. The summed E-state index contributed by atoms with van der Waals surface area (Å²) >= 11 is 0. The molecule has 0 saturated carbocycles. The smallest absolute Gasteiger partial charge is 0.261 e. The Bertz CT molecular complexity index is 1080. The molecule has 1 amide bonds. The molecule has 2 aliphatic heterocycles. The predicted molar refractivity (Wildman–Crippen MR) is 125 cm³/mol. The van der Waals surface area contributed by atoms with Gasteiger partial charge in [0.25, 0.3) is 5.89 Å². The number of amides is 1. The van der Waals surface area contributed by atoms with Crippen molar-refractivity contribution in [1.29, 1.82) is 0 Å². The Morgan fingerprint density at radius 3 is 2.73 bits per heavy atom. The minimum absolute atomic E-state index is 0.0198. The van der Waals surface area contributed by atoms with Gasteiger partial charge < -0.3 is 19.5 Å². The van der Waals surface area contributed by atoms with Crippen LogP contribution in [0.25, 0.3) is 22.8 Å². The molecule has 2 saturated heterocycles. The maximum absolute atomic E-state index is 12.6. The highest BCUT2D eigenvalue weighted by Crippen LogP contribution is 2.32. The molecule has 2 fully saturated rings. The van der Waals surface area contributed by atoms with Crippen molar-refractivity contribution < 1.29 is 14.1 Å². The Hall–Kier alpha value is -3.26.